The van der Waals surface area contributed by atoms with Crippen molar-refractivity contribution in [1.82, 2.24) is 0 Å². The van der Waals surface area contributed by atoms with E-state index in [1.165, 1.54) is 12.8 Å². The first-order valence-electron chi connectivity index (χ1n) is 4.82. The second kappa shape index (κ2) is 5.94. The highest BCUT2D eigenvalue weighted by Gasteiger charge is 2.27. The highest BCUT2D eigenvalue weighted by Crippen LogP contribution is 2.09. The van der Waals surface area contributed by atoms with Crippen LogP contribution in [0.4, 0.5) is 0 Å². The molecule has 0 aromatic carbocycles. The van der Waals surface area contributed by atoms with Crippen molar-refractivity contribution in [1.29, 1.82) is 0 Å². The maximum atomic E-state index is 10.5. The number of carboxylic acid groups (broad SMARTS) is 1. The smallest absolute Gasteiger partial charge is 0.338 e. The fourth-order valence-corrected chi connectivity index (χ4v) is 1.13. The summed E-state index contributed by atoms with van der Waals surface area (Å²) >= 11 is 0. The summed E-state index contributed by atoms with van der Waals surface area (Å²) in [7, 11) is 0. The lowest BCUT2D eigenvalue weighted by molar-refractivity contribution is -0.143. The molecule has 4 heteroatoms. The van der Waals surface area contributed by atoms with Crippen LogP contribution in [0.3, 0.4) is 0 Å². The van der Waals surface area contributed by atoms with Gasteiger partial charge in [0.15, 0.2) is 5.66 Å². The molecule has 5 N–H and O–H groups in total. The van der Waals surface area contributed by atoms with Gasteiger partial charge >= 0.3 is 5.97 Å². The Labute approximate surface area is 79.3 Å². The molecule has 0 heterocycles. The summed E-state index contributed by atoms with van der Waals surface area (Å²) in [6.07, 6.45) is 5.65. The summed E-state index contributed by atoms with van der Waals surface area (Å²) in [5.41, 5.74) is 9.17. The van der Waals surface area contributed by atoms with E-state index in [0.29, 0.717) is 6.42 Å². The molecule has 0 aliphatic carbocycles. The van der Waals surface area contributed by atoms with Crippen molar-refractivity contribution >= 4 is 5.97 Å². The van der Waals surface area contributed by atoms with E-state index < -0.39 is 11.6 Å². The molecule has 0 rings (SSSR count). The van der Waals surface area contributed by atoms with Gasteiger partial charge in [0, 0.05) is 0 Å². The number of hydrogen-bond donors (Lipinski definition) is 3. The van der Waals surface area contributed by atoms with Crippen molar-refractivity contribution in [2.75, 3.05) is 0 Å². The Kier molecular flexibility index (Phi) is 5.66. The standard InChI is InChI=1S/C9H20N2O2/c1-2-3-4-5-6-7-9(10,11)8(12)13/h2-7,10-11H2,1H3,(H,12,13). The van der Waals surface area contributed by atoms with Crippen LogP contribution in [0.5, 0.6) is 0 Å². The van der Waals surface area contributed by atoms with Gasteiger partial charge in [0.25, 0.3) is 0 Å². The molecular formula is C9H20N2O2. The van der Waals surface area contributed by atoms with Crippen LogP contribution in [0, 0.1) is 0 Å². The number of unbranched alkanes of at least 4 members (excludes halogenated alkanes) is 4. The van der Waals surface area contributed by atoms with Gasteiger partial charge in [-0.2, -0.15) is 0 Å². The summed E-state index contributed by atoms with van der Waals surface area (Å²) in [6, 6.07) is 0. The van der Waals surface area contributed by atoms with Gasteiger partial charge in [0.1, 0.15) is 0 Å². The molecule has 0 aromatic heterocycles. The minimum absolute atomic E-state index is 0.353. The van der Waals surface area contributed by atoms with E-state index in [4.69, 9.17) is 16.6 Å². The Morgan fingerprint density at radius 1 is 1.23 bits per heavy atom. The van der Waals surface area contributed by atoms with Crippen molar-refractivity contribution in [3.8, 4) is 0 Å². The van der Waals surface area contributed by atoms with Gasteiger partial charge < -0.3 is 16.6 Å². The van der Waals surface area contributed by atoms with E-state index in [9.17, 15) is 4.79 Å². The largest absolute Gasteiger partial charge is 0.479 e. The number of hydrogen-bond acceptors (Lipinski definition) is 3. The van der Waals surface area contributed by atoms with Crippen molar-refractivity contribution in [2.24, 2.45) is 11.5 Å². The van der Waals surface area contributed by atoms with Crippen molar-refractivity contribution in [3.05, 3.63) is 0 Å². The molecule has 0 atom stereocenters. The number of carboxylic acids is 1. The van der Waals surface area contributed by atoms with E-state index in [1.54, 1.807) is 0 Å². The molecule has 0 bridgehead atoms. The molecule has 78 valence electrons. The fourth-order valence-electron chi connectivity index (χ4n) is 1.13. The average molecular weight is 188 g/mol. The number of rotatable bonds is 7. The Bertz CT molecular complexity index is 158. The summed E-state index contributed by atoms with van der Waals surface area (Å²) in [5.74, 6) is -1.12. The van der Waals surface area contributed by atoms with Crippen LogP contribution in [0.15, 0.2) is 0 Å². The zero-order valence-electron chi connectivity index (χ0n) is 8.25. The van der Waals surface area contributed by atoms with E-state index >= 15 is 0 Å². The first-order chi connectivity index (χ1) is 6.00. The molecule has 13 heavy (non-hydrogen) atoms. The van der Waals surface area contributed by atoms with Gasteiger partial charge in [-0.3, -0.25) is 0 Å². The van der Waals surface area contributed by atoms with Gasteiger partial charge in [-0.15, -0.1) is 0 Å². The SMILES string of the molecule is CCCCCCCC(N)(N)C(=O)O. The third-order valence-electron chi connectivity index (χ3n) is 2.09. The van der Waals surface area contributed by atoms with E-state index in [1.807, 2.05) is 0 Å². The normalized spacial score (nSPS) is 11.6. The maximum absolute atomic E-state index is 10.5. The molecule has 0 radical (unpaired) electrons. The zero-order chi connectivity index (χ0) is 10.3. The maximum Gasteiger partial charge on any atom is 0.338 e. The fraction of sp³-hybridized carbons (Fsp3) is 0.889. The molecule has 0 aromatic rings. The summed E-state index contributed by atoms with van der Waals surface area (Å²) in [6.45, 7) is 2.13. The lowest BCUT2D eigenvalue weighted by Crippen LogP contribution is -2.56. The van der Waals surface area contributed by atoms with Gasteiger partial charge in [-0.05, 0) is 12.8 Å². The Hall–Kier alpha value is -0.610. The molecule has 0 saturated heterocycles. The molecule has 0 spiro atoms. The lowest BCUT2D eigenvalue weighted by atomic mass is 10.0. The van der Waals surface area contributed by atoms with Gasteiger partial charge in [-0.1, -0.05) is 32.6 Å². The van der Waals surface area contributed by atoms with Crippen LogP contribution in [0.1, 0.15) is 45.4 Å². The predicted octanol–water partition coefficient (Wildman–Crippen LogP) is 1.05. The summed E-state index contributed by atoms with van der Waals surface area (Å²) in [4.78, 5) is 10.5. The number of aliphatic carboxylic acids is 1. The Morgan fingerprint density at radius 3 is 2.23 bits per heavy atom. The van der Waals surface area contributed by atoms with E-state index in [0.717, 1.165) is 19.3 Å². The van der Waals surface area contributed by atoms with Crippen LogP contribution in [-0.2, 0) is 4.79 Å². The molecule has 0 aliphatic rings. The first-order valence-corrected chi connectivity index (χ1v) is 4.82. The minimum Gasteiger partial charge on any atom is -0.479 e. The number of nitrogens with two attached hydrogens (primary N) is 2. The number of carbonyl (C=O) groups is 1. The molecule has 0 fully saturated rings. The molecule has 0 aliphatic heterocycles. The van der Waals surface area contributed by atoms with Crippen LogP contribution in [-0.4, -0.2) is 16.7 Å². The molecule has 4 nitrogen and oxygen atoms in total. The first kappa shape index (κ1) is 12.4. The van der Waals surface area contributed by atoms with Gasteiger partial charge in [0.05, 0.1) is 0 Å². The third-order valence-corrected chi connectivity index (χ3v) is 2.09. The second-order valence-corrected chi connectivity index (χ2v) is 3.51. The quantitative estimate of drug-likeness (QED) is 0.411. The predicted molar refractivity (Wildman–Crippen MR) is 52.1 cm³/mol. The summed E-state index contributed by atoms with van der Waals surface area (Å²) < 4.78 is 0. The topological polar surface area (TPSA) is 89.3 Å². The van der Waals surface area contributed by atoms with Gasteiger partial charge in [-0.25, -0.2) is 4.79 Å². The molecule has 0 unspecified atom stereocenters. The molecule has 0 amide bonds. The third kappa shape index (κ3) is 5.60. The van der Waals surface area contributed by atoms with Crippen molar-refractivity contribution in [3.63, 3.8) is 0 Å². The monoisotopic (exact) mass is 188 g/mol. The van der Waals surface area contributed by atoms with E-state index in [-0.39, 0.29) is 0 Å². The molecule has 0 saturated carbocycles. The zero-order valence-corrected chi connectivity index (χ0v) is 8.25. The molecular weight excluding hydrogens is 168 g/mol. The van der Waals surface area contributed by atoms with E-state index in [2.05, 4.69) is 6.92 Å². The van der Waals surface area contributed by atoms with Gasteiger partial charge in [0.2, 0.25) is 0 Å². The average Bonchev–Trinajstić information content (AvgIpc) is 2.03. The highest BCUT2D eigenvalue weighted by molar-refractivity contribution is 5.77. The minimum atomic E-state index is -1.54. The van der Waals surface area contributed by atoms with Crippen molar-refractivity contribution in [2.45, 2.75) is 51.1 Å². The summed E-state index contributed by atoms with van der Waals surface area (Å²) in [5, 5.41) is 8.59. The van der Waals surface area contributed by atoms with Crippen molar-refractivity contribution < 1.29 is 9.90 Å². The van der Waals surface area contributed by atoms with Crippen LogP contribution in [0.2, 0.25) is 0 Å². The van der Waals surface area contributed by atoms with Crippen LogP contribution < -0.4 is 11.5 Å². The van der Waals surface area contributed by atoms with Crippen LogP contribution in [0.25, 0.3) is 0 Å². The lowest BCUT2D eigenvalue weighted by Gasteiger charge is -2.18. The highest BCUT2D eigenvalue weighted by atomic mass is 16.4. The Balaban J connectivity index is 3.46. The Morgan fingerprint density at radius 2 is 1.77 bits per heavy atom. The van der Waals surface area contributed by atoms with Crippen LogP contribution >= 0.6 is 0 Å². The second-order valence-electron chi connectivity index (χ2n) is 3.51.